The number of H-pyrrole nitrogens is 1. The molecule has 4 rings (SSSR count). The molecular formula is C22H24N4. The number of pyridine rings is 2. The molecule has 0 aliphatic carbocycles. The molecule has 0 aromatic carbocycles. The minimum absolute atomic E-state index is 0.350. The lowest BCUT2D eigenvalue weighted by Crippen LogP contribution is -2.10. The van der Waals surface area contributed by atoms with Crippen LogP contribution in [0.1, 0.15) is 37.2 Å². The molecule has 132 valence electrons. The number of nitrogens with one attached hydrogen (secondary N) is 2. The molecule has 26 heavy (non-hydrogen) atoms. The third kappa shape index (κ3) is 2.81. The topological polar surface area (TPSA) is 53.6 Å². The van der Waals surface area contributed by atoms with E-state index < -0.39 is 0 Å². The number of hydrogen-bond acceptors (Lipinski definition) is 3. The van der Waals surface area contributed by atoms with E-state index in [0.29, 0.717) is 5.92 Å². The summed E-state index contributed by atoms with van der Waals surface area (Å²) in [5, 5.41) is 4.71. The van der Waals surface area contributed by atoms with Crippen molar-refractivity contribution in [1.82, 2.24) is 20.3 Å². The van der Waals surface area contributed by atoms with Crippen molar-refractivity contribution in [2.75, 3.05) is 6.54 Å². The number of rotatable bonds is 3. The van der Waals surface area contributed by atoms with Crippen molar-refractivity contribution in [3.63, 3.8) is 0 Å². The molecule has 2 N–H and O–H groups in total. The lowest BCUT2D eigenvalue weighted by molar-refractivity contribution is 0.815. The molecule has 0 bridgehead atoms. The highest BCUT2D eigenvalue weighted by Gasteiger charge is 2.28. The predicted octanol–water partition coefficient (Wildman–Crippen LogP) is 4.71. The summed E-state index contributed by atoms with van der Waals surface area (Å²) >= 11 is 0. The molecule has 4 heteroatoms. The number of aromatic nitrogens is 3. The molecular weight excluding hydrogens is 320 g/mol. The molecule has 1 aliphatic rings. The quantitative estimate of drug-likeness (QED) is 0.723. The van der Waals surface area contributed by atoms with Gasteiger partial charge in [-0.1, -0.05) is 12.1 Å². The van der Waals surface area contributed by atoms with E-state index in [4.69, 9.17) is 4.98 Å². The van der Waals surface area contributed by atoms with Gasteiger partial charge < -0.3 is 10.3 Å². The summed E-state index contributed by atoms with van der Waals surface area (Å²) in [4.78, 5) is 12.5. The van der Waals surface area contributed by atoms with E-state index in [-0.39, 0.29) is 0 Å². The van der Waals surface area contributed by atoms with Crippen molar-refractivity contribution in [2.24, 2.45) is 5.92 Å². The van der Waals surface area contributed by atoms with Gasteiger partial charge in [-0.15, -0.1) is 0 Å². The van der Waals surface area contributed by atoms with Gasteiger partial charge in [0.2, 0.25) is 0 Å². The summed E-state index contributed by atoms with van der Waals surface area (Å²) in [6, 6.07) is 10.5. The first-order valence-electron chi connectivity index (χ1n) is 9.16. The minimum atomic E-state index is 0.350. The van der Waals surface area contributed by atoms with Crippen LogP contribution in [-0.4, -0.2) is 21.5 Å². The van der Waals surface area contributed by atoms with Crippen molar-refractivity contribution in [3.05, 3.63) is 71.4 Å². The highest BCUT2D eigenvalue weighted by Crippen LogP contribution is 2.40. The first-order valence-corrected chi connectivity index (χ1v) is 9.16. The first-order chi connectivity index (χ1) is 12.7. The second kappa shape index (κ2) is 6.79. The van der Waals surface area contributed by atoms with Gasteiger partial charge in [-0.2, -0.15) is 0 Å². The second-order valence-corrected chi connectivity index (χ2v) is 6.81. The fourth-order valence-electron chi connectivity index (χ4n) is 3.98. The van der Waals surface area contributed by atoms with Gasteiger partial charge in [0.05, 0.1) is 5.69 Å². The van der Waals surface area contributed by atoms with Crippen LogP contribution in [0.2, 0.25) is 0 Å². The van der Waals surface area contributed by atoms with Gasteiger partial charge in [-0.25, -0.2) is 4.98 Å². The Morgan fingerprint density at radius 3 is 2.92 bits per heavy atom. The Hall–Kier alpha value is -2.88. The number of allylic oxidation sites excluding steroid dienone is 3. The molecule has 0 radical (unpaired) electrons. The molecule has 0 amide bonds. The third-order valence-electron chi connectivity index (χ3n) is 5.22. The van der Waals surface area contributed by atoms with Crippen LogP contribution in [0.3, 0.4) is 0 Å². The Morgan fingerprint density at radius 2 is 2.12 bits per heavy atom. The fraction of sp³-hybridized carbons (Fsp3) is 0.273. The predicted molar refractivity (Wildman–Crippen MR) is 107 cm³/mol. The molecule has 1 saturated heterocycles. The van der Waals surface area contributed by atoms with Gasteiger partial charge in [-0.3, -0.25) is 4.98 Å². The van der Waals surface area contributed by atoms with Crippen LogP contribution >= 0.6 is 0 Å². The van der Waals surface area contributed by atoms with Crippen molar-refractivity contribution < 1.29 is 0 Å². The summed E-state index contributed by atoms with van der Waals surface area (Å²) in [6.45, 7) is 7.35. The van der Waals surface area contributed by atoms with Crippen molar-refractivity contribution in [2.45, 2.75) is 27.2 Å². The van der Waals surface area contributed by atoms with Crippen LogP contribution in [0.15, 0.2) is 54.5 Å². The lowest BCUT2D eigenvalue weighted by Gasteiger charge is -2.21. The van der Waals surface area contributed by atoms with Crippen LogP contribution in [0.5, 0.6) is 0 Å². The number of fused-ring (bicyclic) bond motifs is 1. The molecule has 1 aliphatic heterocycles. The van der Waals surface area contributed by atoms with Crippen molar-refractivity contribution in [1.29, 1.82) is 0 Å². The summed E-state index contributed by atoms with van der Waals surface area (Å²) in [5.41, 5.74) is 8.13. The third-order valence-corrected chi connectivity index (χ3v) is 5.22. The van der Waals surface area contributed by atoms with Crippen LogP contribution in [0.4, 0.5) is 0 Å². The highest BCUT2D eigenvalue weighted by molar-refractivity contribution is 5.99. The number of nitrogens with zero attached hydrogens (tertiary/aromatic N) is 2. The van der Waals surface area contributed by atoms with Crippen LogP contribution in [-0.2, 0) is 0 Å². The fourth-order valence-corrected chi connectivity index (χ4v) is 3.98. The number of aromatic amines is 1. The molecule has 0 saturated carbocycles. The molecule has 1 atom stereocenters. The highest BCUT2D eigenvalue weighted by atomic mass is 14.9. The number of hydrogen-bond donors (Lipinski definition) is 2. The molecule has 1 unspecified atom stereocenters. The van der Waals surface area contributed by atoms with E-state index in [1.807, 2.05) is 25.4 Å². The van der Waals surface area contributed by atoms with Gasteiger partial charge in [0.15, 0.2) is 0 Å². The smallest absolute Gasteiger partial charge is 0.137 e. The normalized spacial score (nSPS) is 19.7. The number of aryl methyl sites for hydroxylation is 1. The Balaban J connectivity index is 1.99. The summed E-state index contributed by atoms with van der Waals surface area (Å²) < 4.78 is 0. The van der Waals surface area contributed by atoms with Gasteiger partial charge in [0, 0.05) is 41.6 Å². The van der Waals surface area contributed by atoms with E-state index in [1.54, 1.807) is 0 Å². The Morgan fingerprint density at radius 1 is 1.23 bits per heavy atom. The van der Waals surface area contributed by atoms with Gasteiger partial charge in [0.25, 0.3) is 0 Å². The van der Waals surface area contributed by atoms with Gasteiger partial charge in [0.1, 0.15) is 5.65 Å². The van der Waals surface area contributed by atoms with E-state index in [9.17, 15) is 0 Å². The molecule has 1 fully saturated rings. The maximum Gasteiger partial charge on any atom is 0.137 e. The zero-order valence-corrected chi connectivity index (χ0v) is 15.5. The lowest BCUT2D eigenvalue weighted by atomic mass is 9.84. The van der Waals surface area contributed by atoms with Crippen LogP contribution in [0.25, 0.3) is 22.2 Å². The molecule has 3 aromatic heterocycles. The van der Waals surface area contributed by atoms with Gasteiger partial charge >= 0.3 is 0 Å². The maximum atomic E-state index is 4.79. The van der Waals surface area contributed by atoms with E-state index in [2.05, 4.69) is 59.5 Å². The summed E-state index contributed by atoms with van der Waals surface area (Å²) in [6.07, 6.45) is 7.14. The van der Waals surface area contributed by atoms with Gasteiger partial charge in [-0.05, 0) is 68.2 Å². The molecule has 0 spiro atoms. The van der Waals surface area contributed by atoms with Crippen molar-refractivity contribution >= 4 is 22.2 Å². The van der Waals surface area contributed by atoms with E-state index in [0.717, 1.165) is 35.4 Å². The summed E-state index contributed by atoms with van der Waals surface area (Å²) in [7, 11) is 0. The maximum absolute atomic E-state index is 4.79. The van der Waals surface area contributed by atoms with E-state index >= 15 is 0 Å². The average Bonchev–Trinajstić information content (AvgIpc) is 3.31. The standard InChI is InChI=1S/C22H24N4/c1-4-19-18(10-11-23-19)21(15(3)20-7-5-6-14(2)26-20)16-8-12-24-22-17(16)9-13-25-22/h4-9,12-13,18,23H,10-11H2,1-3H3,(H,24,25)/b19-4+,21-15+. The van der Waals surface area contributed by atoms with E-state index in [1.165, 1.54) is 22.4 Å². The first kappa shape index (κ1) is 16.6. The van der Waals surface area contributed by atoms with Crippen LogP contribution in [0, 0.1) is 12.8 Å². The monoisotopic (exact) mass is 344 g/mol. The molecule has 4 nitrogen and oxygen atoms in total. The molecule has 3 aromatic rings. The summed E-state index contributed by atoms with van der Waals surface area (Å²) in [5.74, 6) is 0.350. The molecule has 4 heterocycles. The zero-order valence-electron chi connectivity index (χ0n) is 15.5. The zero-order chi connectivity index (χ0) is 18.1. The van der Waals surface area contributed by atoms with Crippen molar-refractivity contribution in [3.8, 4) is 0 Å². The minimum Gasteiger partial charge on any atom is -0.388 e. The Kier molecular flexibility index (Phi) is 4.33. The van der Waals surface area contributed by atoms with Crippen LogP contribution < -0.4 is 5.32 Å². The average molecular weight is 344 g/mol. The Labute approximate surface area is 154 Å². The second-order valence-electron chi connectivity index (χ2n) is 6.81. The SMILES string of the molecule is C/C=C1/NCCC1/C(=C(\C)c1cccc(C)n1)c1ccnc2[nH]ccc12. The Bertz CT molecular complexity index is 1010. The largest absolute Gasteiger partial charge is 0.388 e.